The number of carbonyl (C=O) groups excluding carboxylic acids is 1. The molecule has 0 radical (unpaired) electrons. The van der Waals surface area contributed by atoms with Crippen LogP contribution in [0.3, 0.4) is 0 Å². The molecule has 0 spiro atoms. The van der Waals surface area contributed by atoms with Gasteiger partial charge in [-0.2, -0.15) is 4.98 Å². The van der Waals surface area contributed by atoms with Crippen molar-refractivity contribution in [3.05, 3.63) is 57.4 Å². The molecule has 1 N–H and O–H groups in total. The Morgan fingerprint density at radius 3 is 2.68 bits per heavy atom. The first-order valence-electron chi connectivity index (χ1n) is 6.66. The Kier molecular flexibility index (Phi) is 5.32. The zero-order valence-corrected chi connectivity index (χ0v) is 13.0. The number of hydrogen-bond acceptors (Lipinski definition) is 5. The number of esters is 1. The van der Waals surface area contributed by atoms with Gasteiger partial charge in [0.1, 0.15) is 16.4 Å². The summed E-state index contributed by atoms with van der Waals surface area (Å²) in [6, 6.07) is 6.01. The van der Waals surface area contributed by atoms with Gasteiger partial charge in [-0.05, 0) is 31.5 Å². The van der Waals surface area contributed by atoms with Crippen LogP contribution in [0.2, 0.25) is 0 Å². The number of hydrogen-bond donors (Lipinski definition) is 1. The highest BCUT2D eigenvalue weighted by atomic mass is 32.2. The van der Waals surface area contributed by atoms with Crippen LogP contribution in [0, 0.1) is 12.7 Å². The highest BCUT2D eigenvalue weighted by Gasteiger charge is 2.19. The fourth-order valence-corrected chi connectivity index (χ4v) is 2.86. The number of nitrogens with one attached hydrogen (secondary N) is 1. The molecule has 1 heterocycles. The van der Waals surface area contributed by atoms with Crippen LogP contribution >= 0.6 is 11.8 Å². The maximum Gasteiger partial charge on any atom is 0.346 e. The fraction of sp³-hybridized carbons (Fsp3) is 0.267. The molecule has 0 saturated carbocycles. The first-order chi connectivity index (χ1) is 10.5. The van der Waals surface area contributed by atoms with E-state index in [1.807, 2.05) is 0 Å². The van der Waals surface area contributed by atoms with Gasteiger partial charge >= 0.3 is 11.7 Å². The van der Waals surface area contributed by atoms with Gasteiger partial charge < -0.3 is 9.72 Å². The number of rotatable bonds is 5. The third kappa shape index (κ3) is 3.94. The molecule has 0 unspecified atom stereocenters. The molecule has 0 amide bonds. The first kappa shape index (κ1) is 16.2. The van der Waals surface area contributed by atoms with Crippen molar-refractivity contribution in [2.24, 2.45) is 0 Å². The van der Waals surface area contributed by atoms with E-state index >= 15 is 0 Å². The number of nitrogens with zero attached hydrogens (tertiary/aromatic N) is 1. The Balaban J connectivity index is 2.27. The van der Waals surface area contributed by atoms with Crippen molar-refractivity contribution < 1.29 is 13.9 Å². The Hall–Kier alpha value is -2.15. The summed E-state index contributed by atoms with van der Waals surface area (Å²) in [6.45, 7) is 3.56. The molecule has 2 aromatic rings. The van der Waals surface area contributed by atoms with Crippen LogP contribution in [0.15, 0.2) is 34.1 Å². The Morgan fingerprint density at radius 1 is 1.36 bits per heavy atom. The molecule has 2 rings (SSSR count). The molecule has 5 nitrogen and oxygen atoms in total. The van der Waals surface area contributed by atoms with Gasteiger partial charge in [0, 0.05) is 11.4 Å². The molecule has 0 atom stereocenters. The molecule has 22 heavy (non-hydrogen) atoms. The summed E-state index contributed by atoms with van der Waals surface area (Å²) < 4.78 is 17.9. The van der Waals surface area contributed by atoms with E-state index in [9.17, 15) is 14.0 Å². The maximum absolute atomic E-state index is 12.9. The minimum absolute atomic E-state index is 0.236. The van der Waals surface area contributed by atoms with Crippen LogP contribution in [0.25, 0.3) is 0 Å². The minimum Gasteiger partial charge on any atom is -0.462 e. The van der Waals surface area contributed by atoms with E-state index in [-0.39, 0.29) is 18.0 Å². The molecular formula is C15H15FN2O3S. The summed E-state index contributed by atoms with van der Waals surface area (Å²) in [5.41, 5.74) is 1.02. The Labute approximate surface area is 130 Å². The van der Waals surface area contributed by atoms with Crippen molar-refractivity contribution in [1.82, 2.24) is 9.97 Å². The van der Waals surface area contributed by atoms with Crippen LogP contribution in [-0.2, 0) is 10.5 Å². The van der Waals surface area contributed by atoms with E-state index in [1.54, 1.807) is 26.0 Å². The van der Waals surface area contributed by atoms with Crippen LogP contribution < -0.4 is 5.69 Å². The molecule has 0 fully saturated rings. The second-order valence-corrected chi connectivity index (χ2v) is 5.45. The van der Waals surface area contributed by atoms with Gasteiger partial charge in [-0.25, -0.2) is 14.0 Å². The zero-order valence-electron chi connectivity index (χ0n) is 12.2. The summed E-state index contributed by atoms with van der Waals surface area (Å²) in [7, 11) is 0. The predicted octanol–water partition coefficient (Wildman–Crippen LogP) is 2.69. The molecular weight excluding hydrogens is 307 g/mol. The average molecular weight is 322 g/mol. The lowest BCUT2D eigenvalue weighted by molar-refractivity contribution is 0.0519. The highest BCUT2D eigenvalue weighted by molar-refractivity contribution is 7.98. The van der Waals surface area contributed by atoms with Gasteiger partial charge in [0.05, 0.1) is 6.61 Å². The minimum atomic E-state index is -0.523. The summed E-state index contributed by atoms with van der Waals surface area (Å²) in [4.78, 5) is 29.9. The van der Waals surface area contributed by atoms with E-state index in [0.717, 1.165) is 5.56 Å². The number of aromatic amines is 1. The number of aromatic nitrogens is 2. The van der Waals surface area contributed by atoms with E-state index in [2.05, 4.69) is 9.97 Å². The van der Waals surface area contributed by atoms with Gasteiger partial charge in [0.15, 0.2) is 0 Å². The van der Waals surface area contributed by atoms with Gasteiger partial charge in [0.2, 0.25) is 0 Å². The van der Waals surface area contributed by atoms with Crippen molar-refractivity contribution in [3.63, 3.8) is 0 Å². The van der Waals surface area contributed by atoms with E-state index in [4.69, 9.17) is 4.74 Å². The lowest BCUT2D eigenvalue weighted by atomic mass is 10.2. The van der Waals surface area contributed by atoms with Crippen molar-refractivity contribution in [2.75, 3.05) is 6.61 Å². The van der Waals surface area contributed by atoms with Crippen LogP contribution in [0.4, 0.5) is 4.39 Å². The lowest BCUT2D eigenvalue weighted by Crippen LogP contribution is -2.19. The van der Waals surface area contributed by atoms with Crippen molar-refractivity contribution in [1.29, 1.82) is 0 Å². The molecule has 7 heteroatoms. The number of carbonyl (C=O) groups is 1. The second kappa shape index (κ2) is 7.22. The monoisotopic (exact) mass is 322 g/mol. The van der Waals surface area contributed by atoms with E-state index in [1.165, 1.54) is 23.9 Å². The molecule has 0 aliphatic rings. The topological polar surface area (TPSA) is 72.0 Å². The van der Waals surface area contributed by atoms with Crippen LogP contribution in [0.1, 0.15) is 28.5 Å². The molecule has 1 aromatic carbocycles. The van der Waals surface area contributed by atoms with Crippen LogP contribution in [0.5, 0.6) is 0 Å². The molecule has 1 aromatic heterocycles. The van der Waals surface area contributed by atoms with E-state index < -0.39 is 11.7 Å². The smallest absolute Gasteiger partial charge is 0.346 e. The van der Waals surface area contributed by atoms with Gasteiger partial charge in [0.25, 0.3) is 0 Å². The lowest BCUT2D eigenvalue weighted by Gasteiger charge is -2.09. The maximum atomic E-state index is 12.9. The van der Waals surface area contributed by atoms with Gasteiger partial charge in [-0.15, -0.1) is 11.8 Å². The number of aryl methyl sites for hydroxylation is 1. The summed E-state index contributed by atoms with van der Waals surface area (Å²) in [5, 5.41) is 0.309. The van der Waals surface area contributed by atoms with E-state index in [0.29, 0.717) is 16.5 Å². The molecule has 0 bridgehead atoms. The number of ether oxygens (including phenoxy) is 1. The quantitative estimate of drug-likeness (QED) is 0.520. The summed E-state index contributed by atoms with van der Waals surface area (Å²) >= 11 is 1.23. The average Bonchev–Trinajstić information content (AvgIpc) is 2.46. The second-order valence-electron chi connectivity index (χ2n) is 4.48. The molecule has 116 valence electrons. The Morgan fingerprint density at radius 2 is 2.05 bits per heavy atom. The fourth-order valence-electron chi connectivity index (χ4n) is 1.84. The van der Waals surface area contributed by atoms with Crippen molar-refractivity contribution >= 4 is 17.7 Å². The SMILES string of the molecule is CCOC(=O)c1c(SCc2ccc(F)cc2)nc(=O)[nH]c1C. The number of H-pyrrole nitrogens is 1. The molecule has 0 aliphatic heterocycles. The third-order valence-electron chi connectivity index (χ3n) is 2.85. The first-order valence-corrected chi connectivity index (χ1v) is 7.65. The third-order valence-corrected chi connectivity index (χ3v) is 3.90. The van der Waals surface area contributed by atoms with Gasteiger partial charge in [-0.1, -0.05) is 12.1 Å². The Bertz CT molecular complexity index is 729. The molecule has 0 aliphatic carbocycles. The predicted molar refractivity (Wildman–Crippen MR) is 81.5 cm³/mol. The number of thioether (sulfide) groups is 1. The van der Waals surface area contributed by atoms with Crippen molar-refractivity contribution in [2.45, 2.75) is 24.6 Å². The molecule has 0 saturated heterocycles. The van der Waals surface area contributed by atoms with Crippen molar-refractivity contribution in [3.8, 4) is 0 Å². The number of halogens is 1. The standard InChI is InChI=1S/C15H15FN2O3S/c1-3-21-14(19)12-9(2)17-15(20)18-13(12)22-8-10-4-6-11(16)7-5-10/h4-7H,3,8H2,1-2H3,(H,17,18,20). The summed E-state index contributed by atoms with van der Waals surface area (Å²) in [6.07, 6.45) is 0. The van der Waals surface area contributed by atoms with Crippen LogP contribution in [-0.4, -0.2) is 22.5 Å². The summed E-state index contributed by atoms with van der Waals surface area (Å²) in [5.74, 6) is -0.376. The zero-order chi connectivity index (χ0) is 16.1. The number of benzene rings is 1. The van der Waals surface area contributed by atoms with Gasteiger partial charge in [-0.3, -0.25) is 0 Å². The largest absolute Gasteiger partial charge is 0.462 e. The highest BCUT2D eigenvalue weighted by Crippen LogP contribution is 2.25. The normalized spacial score (nSPS) is 10.5.